The van der Waals surface area contributed by atoms with Gasteiger partial charge in [0.15, 0.2) is 5.96 Å². The molecule has 2 rings (SSSR count). The largest absolute Gasteiger partial charge is 0.416 e. The number of hydrogen-bond acceptors (Lipinski definition) is 2. The first-order chi connectivity index (χ1) is 12.8. The maximum atomic E-state index is 12.8. The van der Waals surface area contributed by atoms with Crippen LogP contribution in [0.2, 0.25) is 0 Å². The first kappa shape index (κ1) is 20.8. The molecule has 0 unspecified atom stereocenters. The van der Waals surface area contributed by atoms with Crippen LogP contribution in [0.4, 0.5) is 13.2 Å². The summed E-state index contributed by atoms with van der Waals surface area (Å²) in [5.74, 6) is 1.92. The van der Waals surface area contributed by atoms with Crippen LogP contribution in [0.5, 0.6) is 0 Å². The molecule has 0 radical (unpaired) electrons. The molecule has 27 heavy (non-hydrogen) atoms. The minimum Gasteiger partial charge on any atom is -0.357 e. The summed E-state index contributed by atoms with van der Waals surface area (Å²) in [6, 6.07) is 5.22. The Balaban J connectivity index is 2.04. The van der Waals surface area contributed by atoms with Crippen LogP contribution < -0.4 is 10.6 Å². The summed E-state index contributed by atoms with van der Waals surface area (Å²) in [5.41, 5.74) is -0.160. The summed E-state index contributed by atoms with van der Waals surface area (Å²) in [7, 11) is 0. The Morgan fingerprint density at radius 2 is 2.04 bits per heavy atom. The SMILES string of the molecule is CCNC(=NCc1cccc(C(F)(F)F)c1)NCc1nccn1CC(C)C. The van der Waals surface area contributed by atoms with Gasteiger partial charge in [-0.15, -0.1) is 0 Å². The molecule has 0 amide bonds. The van der Waals surface area contributed by atoms with Gasteiger partial charge in [0.05, 0.1) is 18.7 Å². The molecule has 0 aliphatic heterocycles. The molecule has 1 heterocycles. The van der Waals surface area contributed by atoms with Crippen molar-refractivity contribution in [1.82, 2.24) is 20.2 Å². The fraction of sp³-hybridized carbons (Fsp3) is 0.474. The zero-order valence-corrected chi connectivity index (χ0v) is 15.8. The second-order valence-corrected chi connectivity index (χ2v) is 6.64. The van der Waals surface area contributed by atoms with E-state index in [4.69, 9.17) is 0 Å². The standard InChI is InChI=1S/C19H26F3N5/c1-4-23-18(26-12-17-24-8-9-27(17)13-14(2)3)25-11-15-6-5-7-16(10-15)19(20,21)22/h5-10,14H,4,11-13H2,1-3H3,(H2,23,25,26). The average molecular weight is 381 g/mol. The van der Waals surface area contributed by atoms with Gasteiger partial charge in [-0.1, -0.05) is 26.0 Å². The predicted molar refractivity (Wildman–Crippen MR) is 100 cm³/mol. The summed E-state index contributed by atoms with van der Waals surface area (Å²) in [6.45, 7) is 8.36. The zero-order valence-electron chi connectivity index (χ0n) is 15.8. The Bertz CT molecular complexity index is 750. The van der Waals surface area contributed by atoms with E-state index < -0.39 is 11.7 Å². The first-order valence-electron chi connectivity index (χ1n) is 8.98. The van der Waals surface area contributed by atoms with Gasteiger partial charge in [-0.3, -0.25) is 0 Å². The number of alkyl halides is 3. The number of guanidine groups is 1. The number of nitrogens with one attached hydrogen (secondary N) is 2. The molecule has 0 fully saturated rings. The number of nitrogens with zero attached hydrogens (tertiary/aromatic N) is 3. The van der Waals surface area contributed by atoms with Gasteiger partial charge in [-0.25, -0.2) is 9.98 Å². The summed E-state index contributed by atoms with van der Waals surface area (Å²) in [6.07, 6.45) is -0.661. The molecule has 148 valence electrons. The minimum atomic E-state index is -4.35. The second kappa shape index (κ2) is 9.43. The number of hydrogen-bond donors (Lipinski definition) is 2. The Labute approximate surface area is 157 Å². The van der Waals surface area contributed by atoms with Gasteiger partial charge in [-0.2, -0.15) is 13.2 Å². The van der Waals surface area contributed by atoms with E-state index in [1.807, 2.05) is 13.1 Å². The number of aromatic nitrogens is 2. The van der Waals surface area contributed by atoms with E-state index >= 15 is 0 Å². The first-order valence-corrected chi connectivity index (χ1v) is 8.98. The maximum Gasteiger partial charge on any atom is 0.416 e. The van der Waals surface area contributed by atoms with Crippen LogP contribution in [0, 0.1) is 5.92 Å². The maximum absolute atomic E-state index is 12.8. The molecule has 0 bridgehead atoms. The van der Waals surface area contributed by atoms with Crippen LogP contribution in [0.3, 0.4) is 0 Å². The molecule has 2 N–H and O–H groups in total. The third kappa shape index (κ3) is 6.62. The van der Waals surface area contributed by atoms with Crippen molar-refractivity contribution in [3.05, 3.63) is 53.6 Å². The fourth-order valence-corrected chi connectivity index (χ4v) is 2.59. The van der Waals surface area contributed by atoms with Crippen molar-refractivity contribution >= 4 is 5.96 Å². The highest BCUT2D eigenvalue weighted by atomic mass is 19.4. The molecule has 5 nitrogen and oxygen atoms in total. The van der Waals surface area contributed by atoms with Gasteiger partial charge >= 0.3 is 6.18 Å². The number of halogens is 3. The highest BCUT2D eigenvalue weighted by Crippen LogP contribution is 2.29. The normalized spacial score (nSPS) is 12.5. The van der Waals surface area contributed by atoms with E-state index in [0.29, 0.717) is 30.5 Å². The molecule has 1 aromatic heterocycles. The van der Waals surface area contributed by atoms with Gasteiger partial charge in [0.1, 0.15) is 5.82 Å². The van der Waals surface area contributed by atoms with Crippen molar-refractivity contribution < 1.29 is 13.2 Å². The fourth-order valence-electron chi connectivity index (χ4n) is 2.59. The number of imidazole rings is 1. The van der Waals surface area contributed by atoms with Crippen molar-refractivity contribution in [2.75, 3.05) is 6.54 Å². The van der Waals surface area contributed by atoms with E-state index in [2.05, 4.69) is 39.0 Å². The highest BCUT2D eigenvalue weighted by molar-refractivity contribution is 5.79. The molecule has 1 aromatic carbocycles. The molecule has 0 saturated carbocycles. The summed E-state index contributed by atoms with van der Waals surface area (Å²) >= 11 is 0. The minimum absolute atomic E-state index is 0.152. The molecule has 8 heteroatoms. The summed E-state index contributed by atoms with van der Waals surface area (Å²) in [4.78, 5) is 8.74. The number of aliphatic imine (C=N–C) groups is 1. The molecule has 0 aliphatic rings. The smallest absolute Gasteiger partial charge is 0.357 e. The third-order valence-corrected chi connectivity index (χ3v) is 3.80. The number of benzene rings is 1. The van der Waals surface area contributed by atoms with E-state index in [1.165, 1.54) is 6.07 Å². The second-order valence-electron chi connectivity index (χ2n) is 6.64. The van der Waals surface area contributed by atoms with E-state index in [1.54, 1.807) is 12.3 Å². The molecular formula is C19H26F3N5. The van der Waals surface area contributed by atoms with Crippen LogP contribution in [0.15, 0.2) is 41.7 Å². The number of rotatable bonds is 7. The Morgan fingerprint density at radius 3 is 2.70 bits per heavy atom. The zero-order chi connectivity index (χ0) is 19.9. The van der Waals surface area contributed by atoms with E-state index in [0.717, 1.165) is 24.5 Å². The Hall–Kier alpha value is -2.51. The van der Waals surface area contributed by atoms with Crippen LogP contribution in [-0.2, 0) is 25.8 Å². The average Bonchev–Trinajstić information content (AvgIpc) is 3.03. The van der Waals surface area contributed by atoms with Crippen LogP contribution in [0.25, 0.3) is 0 Å². The lowest BCUT2D eigenvalue weighted by molar-refractivity contribution is -0.137. The van der Waals surface area contributed by atoms with Gasteiger partial charge in [0.2, 0.25) is 0 Å². The van der Waals surface area contributed by atoms with E-state index in [-0.39, 0.29) is 6.54 Å². The van der Waals surface area contributed by atoms with Crippen molar-refractivity contribution in [2.45, 2.75) is 46.6 Å². The molecule has 0 atom stereocenters. The third-order valence-electron chi connectivity index (χ3n) is 3.80. The van der Waals surface area contributed by atoms with E-state index in [9.17, 15) is 13.2 Å². The predicted octanol–water partition coefficient (Wildman–Crippen LogP) is 3.81. The van der Waals surface area contributed by atoms with Crippen LogP contribution in [0.1, 0.15) is 37.7 Å². The van der Waals surface area contributed by atoms with Gasteiger partial charge in [-0.05, 0) is 30.5 Å². The van der Waals surface area contributed by atoms with Crippen LogP contribution >= 0.6 is 0 Å². The topological polar surface area (TPSA) is 54.2 Å². The van der Waals surface area contributed by atoms with Gasteiger partial charge in [0, 0.05) is 25.5 Å². The molecule has 0 spiro atoms. The molecule has 0 aliphatic carbocycles. The van der Waals surface area contributed by atoms with Gasteiger partial charge < -0.3 is 15.2 Å². The monoisotopic (exact) mass is 381 g/mol. The summed E-state index contributed by atoms with van der Waals surface area (Å²) in [5, 5.41) is 6.29. The highest BCUT2D eigenvalue weighted by Gasteiger charge is 2.30. The van der Waals surface area contributed by atoms with Crippen molar-refractivity contribution in [1.29, 1.82) is 0 Å². The molecule has 2 aromatic rings. The van der Waals surface area contributed by atoms with Gasteiger partial charge in [0.25, 0.3) is 0 Å². The van der Waals surface area contributed by atoms with Crippen molar-refractivity contribution in [3.63, 3.8) is 0 Å². The van der Waals surface area contributed by atoms with Crippen molar-refractivity contribution in [2.24, 2.45) is 10.9 Å². The van der Waals surface area contributed by atoms with Crippen molar-refractivity contribution in [3.8, 4) is 0 Å². The Morgan fingerprint density at radius 1 is 1.26 bits per heavy atom. The lowest BCUT2D eigenvalue weighted by atomic mass is 10.1. The Kier molecular flexibility index (Phi) is 7.27. The van der Waals surface area contributed by atoms with Crippen LogP contribution in [-0.4, -0.2) is 22.1 Å². The lowest BCUT2D eigenvalue weighted by Crippen LogP contribution is -2.37. The molecule has 0 saturated heterocycles. The molecular weight excluding hydrogens is 355 g/mol. The summed E-state index contributed by atoms with van der Waals surface area (Å²) < 4.78 is 40.5. The lowest BCUT2D eigenvalue weighted by Gasteiger charge is -2.14. The quantitative estimate of drug-likeness (QED) is 0.566.